The summed E-state index contributed by atoms with van der Waals surface area (Å²) in [6.07, 6.45) is 3.49. The van der Waals surface area contributed by atoms with E-state index in [1.54, 1.807) is 18.5 Å². The Bertz CT molecular complexity index is 1240. The van der Waals surface area contributed by atoms with E-state index in [1.165, 1.54) is 0 Å². The first-order valence-electron chi connectivity index (χ1n) is 10.4. The molecule has 8 nitrogen and oxygen atoms in total. The van der Waals surface area contributed by atoms with Crippen LogP contribution < -0.4 is 9.80 Å². The number of hydrogen-bond donors (Lipinski definition) is 0. The van der Waals surface area contributed by atoms with Gasteiger partial charge >= 0.3 is 5.97 Å². The molecule has 31 heavy (non-hydrogen) atoms. The van der Waals surface area contributed by atoms with Crippen LogP contribution in [0.1, 0.15) is 17.3 Å². The Labute approximate surface area is 179 Å². The minimum Gasteiger partial charge on any atom is -0.462 e. The first-order valence-corrected chi connectivity index (χ1v) is 10.4. The van der Waals surface area contributed by atoms with E-state index in [9.17, 15) is 4.79 Å². The van der Waals surface area contributed by atoms with E-state index < -0.39 is 0 Å². The van der Waals surface area contributed by atoms with Crippen molar-refractivity contribution < 1.29 is 9.53 Å². The van der Waals surface area contributed by atoms with Gasteiger partial charge in [0.05, 0.1) is 6.61 Å². The van der Waals surface area contributed by atoms with Crippen molar-refractivity contribution in [3.63, 3.8) is 0 Å². The van der Waals surface area contributed by atoms with Crippen LogP contribution in [0, 0.1) is 0 Å². The van der Waals surface area contributed by atoms with Crippen molar-refractivity contribution in [2.45, 2.75) is 6.92 Å². The van der Waals surface area contributed by atoms with Crippen LogP contribution in [-0.2, 0) is 4.74 Å². The molecule has 3 heterocycles. The molecule has 156 valence electrons. The van der Waals surface area contributed by atoms with Crippen LogP contribution in [0.2, 0.25) is 0 Å². The maximum atomic E-state index is 13.0. The van der Waals surface area contributed by atoms with Crippen LogP contribution >= 0.6 is 0 Å². The summed E-state index contributed by atoms with van der Waals surface area (Å²) < 4.78 is 5.41. The first kappa shape index (κ1) is 19.2. The van der Waals surface area contributed by atoms with Crippen LogP contribution in [0.15, 0.2) is 54.9 Å². The molecule has 1 aliphatic rings. The van der Waals surface area contributed by atoms with Gasteiger partial charge in [-0.05, 0) is 18.4 Å². The lowest BCUT2D eigenvalue weighted by atomic mass is 10.0. The number of hydrogen-bond acceptors (Lipinski definition) is 8. The zero-order valence-electron chi connectivity index (χ0n) is 17.2. The van der Waals surface area contributed by atoms with Gasteiger partial charge in [0.25, 0.3) is 0 Å². The minimum absolute atomic E-state index is 0.300. The van der Waals surface area contributed by atoms with E-state index in [1.807, 2.05) is 43.3 Å². The molecule has 5 rings (SSSR count). The van der Waals surface area contributed by atoms with Crippen LogP contribution in [0.4, 0.5) is 11.8 Å². The van der Waals surface area contributed by atoms with E-state index in [0.717, 1.165) is 29.2 Å². The lowest BCUT2D eigenvalue weighted by Crippen LogP contribution is -2.48. The van der Waals surface area contributed by atoms with E-state index in [4.69, 9.17) is 4.74 Å². The predicted molar refractivity (Wildman–Crippen MR) is 119 cm³/mol. The summed E-state index contributed by atoms with van der Waals surface area (Å²) in [7, 11) is 0. The monoisotopic (exact) mass is 414 g/mol. The average Bonchev–Trinajstić information content (AvgIpc) is 2.84. The number of benzene rings is 2. The second kappa shape index (κ2) is 8.14. The normalized spacial score (nSPS) is 14.2. The van der Waals surface area contributed by atoms with Gasteiger partial charge in [-0.3, -0.25) is 0 Å². The summed E-state index contributed by atoms with van der Waals surface area (Å²) in [4.78, 5) is 25.9. The molecule has 2 aromatic heterocycles. The highest BCUT2D eigenvalue weighted by Gasteiger charge is 2.27. The van der Waals surface area contributed by atoms with Crippen molar-refractivity contribution in [3.8, 4) is 0 Å². The predicted octanol–water partition coefficient (Wildman–Crippen LogP) is 3.08. The molecule has 0 saturated carbocycles. The van der Waals surface area contributed by atoms with Gasteiger partial charge in [0.2, 0.25) is 5.95 Å². The summed E-state index contributed by atoms with van der Waals surface area (Å²) in [5.74, 6) is 0.903. The molecule has 1 fully saturated rings. The van der Waals surface area contributed by atoms with Crippen molar-refractivity contribution >= 4 is 39.4 Å². The number of anilines is 2. The number of ether oxygens (including phenoxy) is 1. The fourth-order valence-electron chi connectivity index (χ4n) is 4.03. The molecule has 0 unspecified atom stereocenters. The van der Waals surface area contributed by atoms with E-state index >= 15 is 0 Å². The highest BCUT2D eigenvalue weighted by atomic mass is 16.5. The van der Waals surface area contributed by atoms with Crippen LogP contribution in [-0.4, -0.2) is 58.9 Å². The molecule has 0 N–H and O–H groups in total. The molecule has 0 spiro atoms. The Balaban J connectivity index is 1.54. The Morgan fingerprint density at radius 3 is 2.42 bits per heavy atom. The fourth-order valence-corrected chi connectivity index (χ4v) is 4.03. The van der Waals surface area contributed by atoms with Gasteiger partial charge in [-0.1, -0.05) is 36.4 Å². The van der Waals surface area contributed by atoms with Crippen LogP contribution in [0.5, 0.6) is 0 Å². The first-order chi connectivity index (χ1) is 15.3. The number of carbonyl (C=O) groups excluding carboxylic acids is 1. The van der Waals surface area contributed by atoms with Gasteiger partial charge in [-0.15, -0.1) is 10.2 Å². The van der Waals surface area contributed by atoms with Gasteiger partial charge in [0.15, 0.2) is 5.82 Å². The molecule has 8 heteroatoms. The van der Waals surface area contributed by atoms with E-state index in [2.05, 4.69) is 30.0 Å². The topological polar surface area (TPSA) is 84.3 Å². The Kier molecular flexibility index (Phi) is 5.03. The van der Waals surface area contributed by atoms with Gasteiger partial charge in [0.1, 0.15) is 11.1 Å². The van der Waals surface area contributed by atoms with Gasteiger partial charge in [-0.25, -0.2) is 14.8 Å². The smallest absolute Gasteiger partial charge is 0.342 e. The maximum absolute atomic E-state index is 13.0. The highest BCUT2D eigenvalue weighted by molar-refractivity contribution is 6.14. The lowest BCUT2D eigenvalue weighted by molar-refractivity contribution is 0.0529. The summed E-state index contributed by atoms with van der Waals surface area (Å²) in [6.45, 7) is 4.92. The SMILES string of the molecule is CCOC(=O)c1c(N2CCN(c3ncccn3)CC2)nnc2c1ccc1ccccc12. The van der Waals surface area contributed by atoms with Gasteiger partial charge in [0, 0.05) is 49.3 Å². The molecule has 0 bridgehead atoms. The zero-order valence-corrected chi connectivity index (χ0v) is 17.2. The molecular weight excluding hydrogens is 392 g/mol. The molecule has 1 aliphatic heterocycles. The second-order valence-corrected chi connectivity index (χ2v) is 7.32. The molecule has 1 saturated heterocycles. The zero-order chi connectivity index (χ0) is 21.2. The Morgan fingerprint density at radius 2 is 1.65 bits per heavy atom. The fraction of sp³-hybridized carbons (Fsp3) is 0.261. The quantitative estimate of drug-likeness (QED) is 0.372. The van der Waals surface area contributed by atoms with E-state index in [0.29, 0.717) is 42.5 Å². The summed E-state index contributed by atoms with van der Waals surface area (Å²) in [6, 6.07) is 13.7. The number of esters is 1. The molecule has 0 aliphatic carbocycles. The molecule has 0 radical (unpaired) electrons. The van der Waals surface area contributed by atoms with Gasteiger partial charge < -0.3 is 14.5 Å². The second-order valence-electron chi connectivity index (χ2n) is 7.32. The van der Waals surface area contributed by atoms with Crippen LogP contribution in [0.3, 0.4) is 0 Å². The standard InChI is InChI=1S/C23H22N6O2/c1-2-31-22(30)19-18-9-8-16-6-3-4-7-17(16)20(18)26-27-21(19)28-12-14-29(15-13-28)23-24-10-5-11-25-23/h3-11H,2,12-15H2,1H3. The van der Waals surface area contributed by atoms with Crippen molar-refractivity contribution in [3.05, 3.63) is 60.4 Å². The number of carbonyl (C=O) groups is 1. The Morgan fingerprint density at radius 1 is 0.903 bits per heavy atom. The number of fused-ring (bicyclic) bond motifs is 3. The van der Waals surface area contributed by atoms with E-state index in [-0.39, 0.29) is 5.97 Å². The van der Waals surface area contributed by atoms with Crippen molar-refractivity contribution in [1.29, 1.82) is 0 Å². The largest absolute Gasteiger partial charge is 0.462 e. The molecular formula is C23H22N6O2. The molecule has 2 aromatic carbocycles. The van der Waals surface area contributed by atoms with Crippen molar-refractivity contribution in [2.24, 2.45) is 0 Å². The molecule has 4 aromatic rings. The number of aromatic nitrogens is 4. The summed E-state index contributed by atoms with van der Waals surface area (Å²) in [5.41, 5.74) is 1.18. The lowest BCUT2D eigenvalue weighted by Gasteiger charge is -2.35. The Hall–Kier alpha value is -3.81. The third kappa shape index (κ3) is 3.50. The summed E-state index contributed by atoms with van der Waals surface area (Å²) >= 11 is 0. The third-order valence-corrected chi connectivity index (χ3v) is 5.53. The highest BCUT2D eigenvalue weighted by Crippen LogP contribution is 2.31. The number of piperazine rings is 1. The number of nitrogens with zero attached hydrogens (tertiary/aromatic N) is 6. The maximum Gasteiger partial charge on any atom is 0.342 e. The third-order valence-electron chi connectivity index (χ3n) is 5.53. The molecule has 0 amide bonds. The van der Waals surface area contributed by atoms with Crippen molar-refractivity contribution in [1.82, 2.24) is 20.2 Å². The minimum atomic E-state index is -0.374. The van der Waals surface area contributed by atoms with Crippen molar-refractivity contribution in [2.75, 3.05) is 42.6 Å². The summed E-state index contributed by atoms with van der Waals surface area (Å²) in [5, 5.41) is 11.8. The van der Waals surface area contributed by atoms with Crippen LogP contribution in [0.25, 0.3) is 21.7 Å². The molecule has 0 atom stereocenters. The van der Waals surface area contributed by atoms with Gasteiger partial charge in [-0.2, -0.15) is 0 Å². The number of rotatable bonds is 4. The average molecular weight is 414 g/mol.